The molecule has 2 aliphatic rings. The monoisotopic (exact) mass is 526 g/mol. The van der Waals surface area contributed by atoms with Crippen LogP contribution in [-0.4, -0.2) is 68.3 Å². The minimum absolute atomic E-state index is 0.0457. The number of carbonyl (C=O) groups is 2. The number of fused-ring (bicyclic) bond motifs is 2. The lowest BCUT2D eigenvalue weighted by Gasteiger charge is -2.24. The number of aromatic nitrogens is 4. The molecule has 0 saturated carbocycles. The molecule has 5 rings (SSSR count). The molecule has 2 fully saturated rings. The van der Waals surface area contributed by atoms with Crippen molar-refractivity contribution in [2.24, 2.45) is 0 Å². The van der Waals surface area contributed by atoms with Crippen LogP contribution in [0.4, 0.5) is 10.6 Å². The van der Waals surface area contributed by atoms with E-state index in [2.05, 4.69) is 20.3 Å². The third-order valence-electron chi connectivity index (χ3n) is 6.24. The van der Waals surface area contributed by atoms with Crippen LogP contribution in [0, 0.1) is 0 Å². The predicted octanol–water partition coefficient (Wildman–Crippen LogP) is 2.07. The van der Waals surface area contributed by atoms with Gasteiger partial charge >= 0.3 is 12.1 Å². The number of hydrogen-bond acceptors (Lipinski definition) is 11. The van der Waals surface area contributed by atoms with Gasteiger partial charge in [0.25, 0.3) is 0 Å². The second kappa shape index (κ2) is 10.5. The number of anilines is 1. The number of rotatable bonds is 8. The number of amides is 1. The molecule has 3 aromatic rings. The zero-order chi connectivity index (χ0) is 26.9. The first-order valence-electron chi connectivity index (χ1n) is 12.3. The Morgan fingerprint density at radius 2 is 1.89 bits per heavy atom. The Hall–Kier alpha value is -3.81. The van der Waals surface area contributed by atoms with Crippen molar-refractivity contribution >= 4 is 29.0 Å². The average Bonchev–Trinajstić information content (AvgIpc) is 3.53. The molecule has 0 unspecified atom stereocenters. The van der Waals surface area contributed by atoms with Crippen LogP contribution in [-0.2, 0) is 35.1 Å². The molecule has 5 atom stereocenters. The van der Waals surface area contributed by atoms with Gasteiger partial charge in [0, 0.05) is 6.04 Å². The van der Waals surface area contributed by atoms with Crippen molar-refractivity contribution in [3.8, 4) is 0 Å². The Bertz CT molecular complexity index is 1300. The molecule has 1 amide bonds. The largest absolute Gasteiger partial charge is 0.463 e. The highest BCUT2D eigenvalue weighted by atomic mass is 16.8. The molecule has 0 radical (unpaired) electrons. The lowest BCUT2D eigenvalue weighted by atomic mass is 10.1. The zero-order valence-corrected chi connectivity index (χ0v) is 21.3. The number of nitrogens with two attached hydrogens (primary N) is 1. The van der Waals surface area contributed by atoms with Crippen LogP contribution in [0.25, 0.3) is 11.2 Å². The minimum atomic E-state index is -0.859. The molecule has 2 aromatic heterocycles. The summed E-state index contributed by atoms with van der Waals surface area (Å²) in [5, 5.41) is 2.63. The van der Waals surface area contributed by atoms with E-state index in [1.54, 1.807) is 17.8 Å². The molecule has 38 heavy (non-hydrogen) atoms. The highest BCUT2D eigenvalue weighted by molar-refractivity contribution is 5.81. The van der Waals surface area contributed by atoms with Crippen LogP contribution in [0.2, 0.25) is 0 Å². The van der Waals surface area contributed by atoms with Crippen molar-refractivity contribution in [1.82, 2.24) is 24.8 Å². The SMILES string of the molecule is C[C@@H](CC(=O)OC[C@H]1O[C@@H](n2cnc3c(N)ncnc32)[C@@H]2OC(C)(C)O[C@@H]21)NC(=O)OCc1ccccc1. The molecule has 3 N–H and O–H groups in total. The van der Waals surface area contributed by atoms with Crippen molar-refractivity contribution in [1.29, 1.82) is 0 Å². The Labute approximate surface area is 218 Å². The van der Waals surface area contributed by atoms with Gasteiger partial charge in [0.1, 0.15) is 43.4 Å². The molecule has 2 saturated heterocycles. The summed E-state index contributed by atoms with van der Waals surface area (Å²) in [4.78, 5) is 37.1. The number of nitrogen functional groups attached to an aromatic ring is 1. The number of hydrogen-bond donors (Lipinski definition) is 2. The fraction of sp³-hybridized carbons (Fsp3) is 0.480. The highest BCUT2D eigenvalue weighted by Crippen LogP contribution is 2.43. The van der Waals surface area contributed by atoms with Gasteiger partial charge in [-0.05, 0) is 26.3 Å². The molecular weight excluding hydrogens is 496 g/mol. The molecular formula is C25H30N6O7. The maximum absolute atomic E-state index is 12.5. The second-order valence-electron chi connectivity index (χ2n) is 9.71. The fourth-order valence-electron chi connectivity index (χ4n) is 4.57. The molecule has 202 valence electrons. The second-order valence-corrected chi connectivity index (χ2v) is 9.71. The molecule has 1 aromatic carbocycles. The van der Waals surface area contributed by atoms with Crippen molar-refractivity contribution in [2.75, 3.05) is 12.3 Å². The standard InChI is InChI=1S/C25H30N6O7/c1-14(30-24(33)35-10-15-7-5-4-6-8-15)9-17(32)34-11-16-19-20(38-25(2,3)37-19)23(36-16)31-13-29-18-21(26)27-12-28-22(18)31/h4-8,12-14,16,19-20,23H,9-11H2,1-3H3,(H,30,33)(H2,26,27,28)/t14-,16+,19+,20+,23+/m0/s1. The number of nitrogens with one attached hydrogen (secondary N) is 1. The smallest absolute Gasteiger partial charge is 0.407 e. The lowest BCUT2D eigenvalue weighted by Crippen LogP contribution is -2.36. The predicted molar refractivity (Wildman–Crippen MR) is 132 cm³/mol. The molecule has 0 spiro atoms. The first-order valence-corrected chi connectivity index (χ1v) is 12.3. The van der Waals surface area contributed by atoms with Crippen LogP contribution in [0.15, 0.2) is 43.0 Å². The van der Waals surface area contributed by atoms with Crippen molar-refractivity contribution in [3.63, 3.8) is 0 Å². The van der Waals surface area contributed by atoms with Gasteiger partial charge in [-0.15, -0.1) is 0 Å². The van der Waals surface area contributed by atoms with Gasteiger partial charge in [-0.2, -0.15) is 0 Å². The van der Waals surface area contributed by atoms with E-state index in [1.807, 2.05) is 44.2 Å². The number of benzene rings is 1. The normalized spacial score (nSPS) is 24.6. The van der Waals surface area contributed by atoms with E-state index in [1.165, 1.54) is 6.33 Å². The number of imidazole rings is 1. The summed E-state index contributed by atoms with van der Waals surface area (Å²) in [6.45, 7) is 5.38. The van der Waals surface area contributed by atoms with E-state index >= 15 is 0 Å². The molecule has 13 heteroatoms. The summed E-state index contributed by atoms with van der Waals surface area (Å²) in [7, 11) is 0. The van der Waals surface area contributed by atoms with Gasteiger partial charge < -0.3 is 34.7 Å². The van der Waals surface area contributed by atoms with Gasteiger partial charge in [0.05, 0.1) is 12.7 Å². The molecule has 0 aliphatic carbocycles. The van der Waals surface area contributed by atoms with Gasteiger partial charge in [0.2, 0.25) is 0 Å². The molecule has 2 aliphatic heterocycles. The van der Waals surface area contributed by atoms with E-state index in [9.17, 15) is 9.59 Å². The number of carbonyl (C=O) groups excluding carboxylic acids is 2. The fourth-order valence-corrected chi connectivity index (χ4v) is 4.57. The van der Waals surface area contributed by atoms with Gasteiger partial charge in [0.15, 0.2) is 23.5 Å². The van der Waals surface area contributed by atoms with Crippen LogP contribution in [0.5, 0.6) is 0 Å². The number of esters is 1. The quantitative estimate of drug-likeness (QED) is 0.413. The van der Waals surface area contributed by atoms with Crippen LogP contribution in [0.3, 0.4) is 0 Å². The molecule has 13 nitrogen and oxygen atoms in total. The Balaban J connectivity index is 1.16. The summed E-state index contributed by atoms with van der Waals surface area (Å²) >= 11 is 0. The Morgan fingerprint density at radius 1 is 1.13 bits per heavy atom. The van der Waals surface area contributed by atoms with E-state index in [-0.39, 0.29) is 25.5 Å². The maximum atomic E-state index is 12.5. The van der Waals surface area contributed by atoms with Crippen LogP contribution < -0.4 is 11.1 Å². The van der Waals surface area contributed by atoms with Gasteiger partial charge in [-0.25, -0.2) is 19.7 Å². The summed E-state index contributed by atoms with van der Waals surface area (Å²) < 4.78 is 30.8. The third-order valence-corrected chi connectivity index (χ3v) is 6.24. The third kappa shape index (κ3) is 5.54. The topological polar surface area (TPSA) is 162 Å². The maximum Gasteiger partial charge on any atom is 0.407 e. The van der Waals surface area contributed by atoms with E-state index in [0.717, 1.165) is 5.56 Å². The minimum Gasteiger partial charge on any atom is -0.463 e. The average molecular weight is 527 g/mol. The van der Waals surface area contributed by atoms with Gasteiger partial charge in [-0.1, -0.05) is 30.3 Å². The lowest BCUT2D eigenvalue weighted by molar-refractivity contribution is -0.202. The van der Waals surface area contributed by atoms with E-state index in [0.29, 0.717) is 11.2 Å². The number of nitrogens with zero attached hydrogens (tertiary/aromatic N) is 4. The highest BCUT2D eigenvalue weighted by Gasteiger charge is 2.56. The van der Waals surface area contributed by atoms with Crippen molar-refractivity contribution in [3.05, 3.63) is 48.5 Å². The van der Waals surface area contributed by atoms with Crippen LogP contribution >= 0.6 is 0 Å². The zero-order valence-electron chi connectivity index (χ0n) is 21.3. The summed E-state index contributed by atoms with van der Waals surface area (Å²) in [6, 6.07) is 8.81. The van der Waals surface area contributed by atoms with Gasteiger partial charge in [-0.3, -0.25) is 9.36 Å². The summed E-state index contributed by atoms with van der Waals surface area (Å²) in [6.07, 6.45) is 0.0150. The van der Waals surface area contributed by atoms with Crippen LogP contribution in [0.1, 0.15) is 39.0 Å². The summed E-state index contributed by atoms with van der Waals surface area (Å²) in [5.74, 6) is -1.11. The molecule has 0 bridgehead atoms. The Morgan fingerprint density at radius 3 is 2.68 bits per heavy atom. The van der Waals surface area contributed by atoms with E-state index < -0.39 is 48.4 Å². The van der Waals surface area contributed by atoms with Crippen molar-refractivity contribution in [2.45, 2.75) is 70.2 Å². The first-order chi connectivity index (χ1) is 18.2. The van der Waals surface area contributed by atoms with Crippen molar-refractivity contribution < 1.29 is 33.3 Å². The number of ether oxygens (including phenoxy) is 5. The summed E-state index contributed by atoms with van der Waals surface area (Å²) in [5.41, 5.74) is 7.73. The Kier molecular flexibility index (Phi) is 7.15. The number of alkyl carbamates (subject to hydrolysis) is 1. The van der Waals surface area contributed by atoms with E-state index in [4.69, 9.17) is 29.4 Å². The molecule has 4 heterocycles. The first kappa shape index (κ1) is 25.8.